The van der Waals surface area contributed by atoms with Gasteiger partial charge in [0.05, 0.1) is 0 Å². The maximum absolute atomic E-state index is 5.05. The molecule has 1 unspecified atom stereocenters. The van der Waals surface area contributed by atoms with Crippen molar-refractivity contribution in [1.82, 2.24) is 0 Å². The SMILES string of the molecule is COCC1[CH]CCCC1. The van der Waals surface area contributed by atoms with Gasteiger partial charge in [0.1, 0.15) is 0 Å². The predicted molar refractivity (Wildman–Crippen MR) is 38.1 cm³/mol. The number of ether oxygens (including phenoxy) is 1. The van der Waals surface area contributed by atoms with Gasteiger partial charge in [-0.1, -0.05) is 12.8 Å². The minimum Gasteiger partial charge on any atom is -0.384 e. The molecule has 53 valence electrons. The summed E-state index contributed by atoms with van der Waals surface area (Å²) in [5.74, 6) is 0.753. The average molecular weight is 127 g/mol. The second kappa shape index (κ2) is 3.89. The Hall–Kier alpha value is -0.0400. The fourth-order valence-electron chi connectivity index (χ4n) is 1.39. The summed E-state index contributed by atoms with van der Waals surface area (Å²) in [6.07, 6.45) is 7.82. The van der Waals surface area contributed by atoms with Gasteiger partial charge in [-0.25, -0.2) is 0 Å². The second-order valence-corrected chi connectivity index (χ2v) is 2.74. The van der Waals surface area contributed by atoms with Crippen LogP contribution in [0.3, 0.4) is 0 Å². The van der Waals surface area contributed by atoms with E-state index in [9.17, 15) is 0 Å². The van der Waals surface area contributed by atoms with Crippen LogP contribution < -0.4 is 0 Å². The van der Waals surface area contributed by atoms with Crippen molar-refractivity contribution in [2.24, 2.45) is 5.92 Å². The molecule has 1 saturated carbocycles. The molecule has 0 aromatic carbocycles. The zero-order valence-electron chi connectivity index (χ0n) is 6.10. The second-order valence-electron chi connectivity index (χ2n) is 2.74. The third kappa shape index (κ3) is 2.35. The first-order valence-electron chi connectivity index (χ1n) is 3.76. The van der Waals surface area contributed by atoms with E-state index in [1.165, 1.54) is 25.7 Å². The smallest absolute Gasteiger partial charge is 0.0493 e. The van der Waals surface area contributed by atoms with E-state index in [0.29, 0.717) is 0 Å². The third-order valence-corrected chi connectivity index (χ3v) is 1.91. The van der Waals surface area contributed by atoms with Crippen LogP contribution in [0, 0.1) is 12.3 Å². The molecule has 0 aromatic heterocycles. The Morgan fingerprint density at radius 2 is 2.44 bits per heavy atom. The van der Waals surface area contributed by atoms with Gasteiger partial charge in [-0.3, -0.25) is 0 Å². The van der Waals surface area contributed by atoms with Crippen LogP contribution in [0.25, 0.3) is 0 Å². The summed E-state index contributed by atoms with van der Waals surface area (Å²) < 4.78 is 5.05. The van der Waals surface area contributed by atoms with E-state index in [-0.39, 0.29) is 0 Å². The zero-order chi connectivity index (χ0) is 6.53. The van der Waals surface area contributed by atoms with E-state index < -0.39 is 0 Å². The highest BCUT2D eigenvalue weighted by atomic mass is 16.5. The predicted octanol–water partition coefficient (Wildman–Crippen LogP) is 2.03. The van der Waals surface area contributed by atoms with E-state index in [1.54, 1.807) is 7.11 Å². The molecule has 1 nitrogen and oxygen atoms in total. The summed E-state index contributed by atoms with van der Waals surface area (Å²) in [6.45, 7) is 0.931. The normalized spacial score (nSPS) is 22.3. The summed E-state index contributed by atoms with van der Waals surface area (Å²) in [7, 11) is 1.78. The molecule has 0 amide bonds. The molecule has 1 radical (unpaired) electrons. The highest BCUT2D eigenvalue weighted by Crippen LogP contribution is 2.22. The average Bonchev–Trinajstić information content (AvgIpc) is 1.91. The van der Waals surface area contributed by atoms with Crippen molar-refractivity contribution < 1.29 is 4.74 Å². The molecule has 0 heterocycles. The van der Waals surface area contributed by atoms with Crippen molar-refractivity contribution in [2.75, 3.05) is 13.7 Å². The van der Waals surface area contributed by atoms with Crippen molar-refractivity contribution >= 4 is 0 Å². The van der Waals surface area contributed by atoms with Gasteiger partial charge in [0, 0.05) is 13.7 Å². The Morgan fingerprint density at radius 3 is 3.00 bits per heavy atom. The first-order chi connectivity index (χ1) is 4.43. The van der Waals surface area contributed by atoms with Crippen LogP contribution in [0.2, 0.25) is 0 Å². The van der Waals surface area contributed by atoms with Crippen molar-refractivity contribution in [3.05, 3.63) is 6.42 Å². The molecule has 1 aliphatic rings. The maximum atomic E-state index is 5.05. The molecule has 1 fully saturated rings. The van der Waals surface area contributed by atoms with Gasteiger partial charge in [-0.05, 0) is 25.2 Å². The highest BCUT2D eigenvalue weighted by Gasteiger charge is 2.12. The minimum atomic E-state index is 0.753. The van der Waals surface area contributed by atoms with E-state index in [2.05, 4.69) is 6.42 Å². The zero-order valence-corrected chi connectivity index (χ0v) is 6.10. The van der Waals surface area contributed by atoms with Crippen LogP contribution in [0.5, 0.6) is 0 Å². The Morgan fingerprint density at radius 1 is 1.56 bits per heavy atom. The molecular formula is C8H15O. The third-order valence-electron chi connectivity index (χ3n) is 1.91. The van der Waals surface area contributed by atoms with Crippen LogP contribution in [0.15, 0.2) is 0 Å². The summed E-state index contributed by atoms with van der Waals surface area (Å²) in [5.41, 5.74) is 0. The lowest BCUT2D eigenvalue weighted by Crippen LogP contribution is -2.12. The molecule has 1 rings (SSSR count). The number of rotatable bonds is 2. The molecule has 0 bridgehead atoms. The standard InChI is InChI=1S/C8H15O/c1-9-7-8-5-3-2-4-6-8/h5,8H,2-4,6-7H2,1H3. The number of methoxy groups -OCH3 is 1. The largest absolute Gasteiger partial charge is 0.384 e. The van der Waals surface area contributed by atoms with Gasteiger partial charge in [-0.15, -0.1) is 0 Å². The van der Waals surface area contributed by atoms with Crippen LogP contribution in [-0.4, -0.2) is 13.7 Å². The number of hydrogen-bond donors (Lipinski definition) is 0. The fraction of sp³-hybridized carbons (Fsp3) is 0.875. The van der Waals surface area contributed by atoms with Crippen molar-refractivity contribution in [1.29, 1.82) is 0 Å². The first-order valence-corrected chi connectivity index (χ1v) is 3.76. The summed E-state index contributed by atoms with van der Waals surface area (Å²) in [6, 6.07) is 0. The Kier molecular flexibility index (Phi) is 3.05. The minimum absolute atomic E-state index is 0.753. The van der Waals surface area contributed by atoms with Gasteiger partial charge < -0.3 is 4.74 Å². The summed E-state index contributed by atoms with van der Waals surface area (Å²) in [4.78, 5) is 0. The van der Waals surface area contributed by atoms with Crippen molar-refractivity contribution in [2.45, 2.75) is 25.7 Å². The first kappa shape index (κ1) is 7.07. The monoisotopic (exact) mass is 127 g/mol. The molecule has 1 atom stereocenters. The molecule has 9 heavy (non-hydrogen) atoms. The maximum Gasteiger partial charge on any atom is 0.0493 e. The van der Waals surface area contributed by atoms with Gasteiger partial charge in [-0.2, -0.15) is 0 Å². The Labute approximate surface area is 57.4 Å². The van der Waals surface area contributed by atoms with E-state index in [0.717, 1.165) is 12.5 Å². The molecule has 1 aliphatic carbocycles. The van der Waals surface area contributed by atoms with Gasteiger partial charge >= 0.3 is 0 Å². The fourth-order valence-corrected chi connectivity index (χ4v) is 1.39. The lowest BCUT2D eigenvalue weighted by molar-refractivity contribution is 0.152. The van der Waals surface area contributed by atoms with Crippen molar-refractivity contribution in [3.8, 4) is 0 Å². The number of hydrogen-bond acceptors (Lipinski definition) is 1. The van der Waals surface area contributed by atoms with Crippen molar-refractivity contribution in [3.63, 3.8) is 0 Å². The van der Waals surface area contributed by atoms with E-state index in [1.807, 2.05) is 0 Å². The molecule has 0 N–H and O–H groups in total. The van der Waals surface area contributed by atoms with Crippen LogP contribution in [0.4, 0.5) is 0 Å². The molecule has 0 aromatic rings. The van der Waals surface area contributed by atoms with Gasteiger partial charge in [0.25, 0.3) is 0 Å². The van der Waals surface area contributed by atoms with Crippen LogP contribution >= 0.6 is 0 Å². The topological polar surface area (TPSA) is 9.23 Å². The molecule has 0 aliphatic heterocycles. The molecule has 0 saturated heterocycles. The molecule has 0 spiro atoms. The quantitative estimate of drug-likeness (QED) is 0.551. The molecule has 1 heteroatoms. The van der Waals surface area contributed by atoms with Gasteiger partial charge in [0.2, 0.25) is 0 Å². The lowest BCUT2D eigenvalue weighted by Gasteiger charge is -2.19. The Balaban J connectivity index is 2.08. The lowest BCUT2D eigenvalue weighted by atomic mass is 9.90. The molecular weight excluding hydrogens is 112 g/mol. The summed E-state index contributed by atoms with van der Waals surface area (Å²) >= 11 is 0. The highest BCUT2D eigenvalue weighted by molar-refractivity contribution is 4.80. The van der Waals surface area contributed by atoms with Gasteiger partial charge in [0.15, 0.2) is 0 Å². The van der Waals surface area contributed by atoms with Crippen LogP contribution in [-0.2, 0) is 4.74 Å². The Bertz CT molecular complexity index is 62.2. The van der Waals surface area contributed by atoms with E-state index >= 15 is 0 Å². The van der Waals surface area contributed by atoms with E-state index in [4.69, 9.17) is 4.74 Å². The summed E-state index contributed by atoms with van der Waals surface area (Å²) in [5, 5.41) is 0. The van der Waals surface area contributed by atoms with Crippen LogP contribution in [0.1, 0.15) is 25.7 Å².